The van der Waals surface area contributed by atoms with Gasteiger partial charge in [0.25, 0.3) is 0 Å². The second-order valence-electron chi connectivity index (χ2n) is 5.57. The second-order valence-corrected chi connectivity index (χ2v) is 5.57. The summed E-state index contributed by atoms with van der Waals surface area (Å²) < 4.78 is 10.1. The van der Waals surface area contributed by atoms with Gasteiger partial charge in [-0.2, -0.15) is 0 Å². The molecular weight excluding hydrogens is 272 g/mol. The number of methoxy groups -OCH3 is 1. The fraction of sp³-hybridized carbons (Fsp3) is 0.533. The Kier molecular flexibility index (Phi) is 6.14. The molecule has 0 atom stereocenters. The monoisotopic (exact) mass is 294 g/mol. The lowest BCUT2D eigenvalue weighted by Crippen LogP contribution is -2.27. The number of hydrogen-bond acceptors (Lipinski definition) is 5. The summed E-state index contributed by atoms with van der Waals surface area (Å²) in [6.45, 7) is 5.75. The number of pyridine rings is 1. The minimum absolute atomic E-state index is 0.0734. The highest BCUT2D eigenvalue weighted by Crippen LogP contribution is 2.09. The van der Waals surface area contributed by atoms with E-state index in [4.69, 9.17) is 9.47 Å². The molecule has 1 N–H and O–H groups in total. The Morgan fingerprint density at radius 2 is 1.95 bits per heavy atom. The van der Waals surface area contributed by atoms with Gasteiger partial charge in [0, 0.05) is 25.2 Å². The molecule has 0 fully saturated rings. The third-order valence-corrected chi connectivity index (χ3v) is 2.47. The van der Waals surface area contributed by atoms with E-state index in [9.17, 15) is 9.59 Å². The Morgan fingerprint density at radius 3 is 2.48 bits per heavy atom. The summed E-state index contributed by atoms with van der Waals surface area (Å²) >= 11 is 0. The predicted octanol–water partition coefficient (Wildman–Crippen LogP) is 1.83. The van der Waals surface area contributed by atoms with Crippen LogP contribution in [0.4, 0.5) is 0 Å². The van der Waals surface area contributed by atoms with Gasteiger partial charge < -0.3 is 14.8 Å². The third-order valence-electron chi connectivity index (χ3n) is 2.47. The number of aromatic nitrogens is 1. The highest BCUT2D eigenvalue weighted by molar-refractivity contribution is 5.81. The number of rotatable bonds is 6. The first-order valence-corrected chi connectivity index (χ1v) is 6.77. The average molecular weight is 294 g/mol. The maximum Gasteiger partial charge on any atom is 0.306 e. The molecule has 0 aliphatic heterocycles. The van der Waals surface area contributed by atoms with E-state index in [2.05, 4.69) is 10.3 Å². The van der Waals surface area contributed by atoms with Crippen LogP contribution in [0.15, 0.2) is 18.3 Å². The molecule has 1 heterocycles. The lowest BCUT2D eigenvalue weighted by atomic mass is 10.2. The second kappa shape index (κ2) is 7.61. The van der Waals surface area contributed by atoms with E-state index in [0.717, 1.165) is 5.56 Å². The SMILES string of the molecule is COc1ccc(CNC(=O)CCC(=O)OC(C)(C)C)cn1. The number of esters is 1. The van der Waals surface area contributed by atoms with Crippen molar-refractivity contribution in [2.75, 3.05) is 7.11 Å². The number of carbonyl (C=O) groups is 2. The van der Waals surface area contributed by atoms with Crippen molar-refractivity contribution < 1.29 is 19.1 Å². The fourth-order valence-corrected chi connectivity index (χ4v) is 1.53. The highest BCUT2D eigenvalue weighted by atomic mass is 16.6. The van der Waals surface area contributed by atoms with Crippen LogP contribution in [-0.2, 0) is 20.9 Å². The topological polar surface area (TPSA) is 77.5 Å². The van der Waals surface area contributed by atoms with E-state index in [-0.39, 0.29) is 24.7 Å². The van der Waals surface area contributed by atoms with Crippen molar-refractivity contribution in [2.24, 2.45) is 0 Å². The zero-order valence-corrected chi connectivity index (χ0v) is 12.9. The van der Waals surface area contributed by atoms with Gasteiger partial charge in [-0.3, -0.25) is 9.59 Å². The van der Waals surface area contributed by atoms with E-state index in [1.165, 1.54) is 0 Å². The van der Waals surface area contributed by atoms with Gasteiger partial charge in [0.15, 0.2) is 0 Å². The first-order valence-electron chi connectivity index (χ1n) is 6.77. The summed E-state index contributed by atoms with van der Waals surface area (Å²) in [7, 11) is 1.54. The van der Waals surface area contributed by atoms with Crippen LogP contribution in [0.3, 0.4) is 0 Å². The molecule has 1 amide bonds. The molecule has 0 aliphatic carbocycles. The number of nitrogens with zero attached hydrogens (tertiary/aromatic N) is 1. The van der Waals surface area contributed by atoms with Crippen LogP contribution in [0.5, 0.6) is 5.88 Å². The van der Waals surface area contributed by atoms with Crippen molar-refractivity contribution in [1.29, 1.82) is 0 Å². The molecule has 0 saturated carbocycles. The molecule has 6 nitrogen and oxygen atoms in total. The van der Waals surface area contributed by atoms with Crippen LogP contribution < -0.4 is 10.1 Å². The molecule has 6 heteroatoms. The Morgan fingerprint density at radius 1 is 1.24 bits per heavy atom. The van der Waals surface area contributed by atoms with Gasteiger partial charge >= 0.3 is 5.97 Å². The Balaban J connectivity index is 2.29. The molecule has 21 heavy (non-hydrogen) atoms. The summed E-state index contributed by atoms with van der Waals surface area (Å²) in [4.78, 5) is 27.2. The molecular formula is C15H22N2O4. The van der Waals surface area contributed by atoms with Crippen molar-refractivity contribution in [3.8, 4) is 5.88 Å². The molecule has 0 spiro atoms. The fourth-order valence-electron chi connectivity index (χ4n) is 1.53. The van der Waals surface area contributed by atoms with E-state index in [1.54, 1.807) is 40.1 Å². The van der Waals surface area contributed by atoms with E-state index in [0.29, 0.717) is 12.4 Å². The molecule has 0 aliphatic rings. The first kappa shape index (κ1) is 16.9. The van der Waals surface area contributed by atoms with E-state index < -0.39 is 5.60 Å². The van der Waals surface area contributed by atoms with Gasteiger partial charge in [0.2, 0.25) is 11.8 Å². The van der Waals surface area contributed by atoms with Crippen LogP contribution in [-0.4, -0.2) is 29.6 Å². The number of hydrogen-bond donors (Lipinski definition) is 1. The van der Waals surface area contributed by atoms with E-state index >= 15 is 0 Å². The lowest BCUT2D eigenvalue weighted by molar-refractivity contribution is -0.155. The van der Waals surface area contributed by atoms with Gasteiger partial charge in [0.05, 0.1) is 13.5 Å². The summed E-state index contributed by atoms with van der Waals surface area (Å²) in [6, 6.07) is 3.54. The molecule has 1 aromatic rings. The summed E-state index contributed by atoms with van der Waals surface area (Å²) in [5.74, 6) is -0.0459. The molecule has 1 aromatic heterocycles. The molecule has 116 valence electrons. The van der Waals surface area contributed by atoms with Crippen molar-refractivity contribution in [1.82, 2.24) is 10.3 Å². The van der Waals surface area contributed by atoms with Crippen molar-refractivity contribution in [2.45, 2.75) is 45.8 Å². The predicted molar refractivity (Wildman–Crippen MR) is 77.7 cm³/mol. The van der Waals surface area contributed by atoms with Crippen LogP contribution in [0, 0.1) is 0 Å². The molecule has 1 rings (SSSR count). The van der Waals surface area contributed by atoms with Crippen molar-refractivity contribution >= 4 is 11.9 Å². The lowest BCUT2D eigenvalue weighted by Gasteiger charge is -2.19. The zero-order chi connectivity index (χ0) is 15.9. The van der Waals surface area contributed by atoms with Crippen LogP contribution >= 0.6 is 0 Å². The number of amides is 1. The Hall–Kier alpha value is -2.11. The molecule has 0 radical (unpaired) electrons. The summed E-state index contributed by atoms with van der Waals surface area (Å²) in [5.41, 5.74) is 0.337. The smallest absolute Gasteiger partial charge is 0.306 e. The number of nitrogens with one attached hydrogen (secondary N) is 1. The Bertz CT molecular complexity index is 477. The van der Waals surface area contributed by atoms with Crippen LogP contribution in [0.2, 0.25) is 0 Å². The maximum absolute atomic E-state index is 11.6. The normalized spacial score (nSPS) is 10.9. The molecule has 0 bridgehead atoms. The minimum atomic E-state index is -0.525. The summed E-state index contributed by atoms with van der Waals surface area (Å²) in [5, 5.41) is 2.73. The van der Waals surface area contributed by atoms with Gasteiger partial charge in [-0.15, -0.1) is 0 Å². The van der Waals surface area contributed by atoms with Gasteiger partial charge in [-0.25, -0.2) is 4.98 Å². The van der Waals surface area contributed by atoms with Gasteiger partial charge in [-0.05, 0) is 26.3 Å². The minimum Gasteiger partial charge on any atom is -0.481 e. The number of carbonyl (C=O) groups excluding carboxylic acids is 2. The van der Waals surface area contributed by atoms with Crippen molar-refractivity contribution in [3.63, 3.8) is 0 Å². The largest absolute Gasteiger partial charge is 0.481 e. The molecule has 0 saturated heterocycles. The number of ether oxygens (including phenoxy) is 2. The standard InChI is InChI=1S/C15H22N2O4/c1-15(2,3)21-14(19)8-6-12(18)16-9-11-5-7-13(20-4)17-10-11/h5,7,10H,6,8-9H2,1-4H3,(H,16,18). The highest BCUT2D eigenvalue weighted by Gasteiger charge is 2.16. The van der Waals surface area contributed by atoms with Crippen LogP contribution in [0.1, 0.15) is 39.2 Å². The zero-order valence-electron chi connectivity index (χ0n) is 12.9. The van der Waals surface area contributed by atoms with Gasteiger partial charge in [-0.1, -0.05) is 6.07 Å². The quantitative estimate of drug-likeness (QED) is 0.810. The molecule has 0 aromatic carbocycles. The van der Waals surface area contributed by atoms with Crippen molar-refractivity contribution in [3.05, 3.63) is 23.9 Å². The van der Waals surface area contributed by atoms with Crippen LogP contribution in [0.25, 0.3) is 0 Å². The summed E-state index contributed by atoms with van der Waals surface area (Å²) in [6.07, 6.45) is 1.81. The average Bonchev–Trinajstić information content (AvgIpc) is 2.41. The third kappa shape index (κ3) is 7.29. The maximum atomic E-state index is 11.6. The molecule has 0 unspecified atom stereocenters. The Labute approximate surface area is 124 Å². The van der Waals surface area contributed by atoms with Gasteiger partial charge in [0.1, 0.15) is 5.60 Å². The first-order chi connectivity index (χ1) is 9.80. The van der Waals surface area contributed by atoms with E-state index in [1.807, 2.05) is 6.07 Å².